The van der Waals surface area contributed by atoms with Crippen LogP contribution in [-0.2, 0) is 4.74 Å². The minimum Gasteiger partial charge on any atom is -0.375 e. The van der Waals surface area contributed by atoms with Gasteiger partial charge in [0.25, 0.3) is 0 Å². The molecule has 6 heteroatoms. The summed E-state index contributed by atoms with van der Waals surface area (Å²) < 4.78 is 7.23. The van der Waals surface area contributed by atoms with E-state index in [4.69, 9.17) is 16.3 Å². The molecule has 1 aliphatic rings. The van der Waals surface area contributed by atoms with Gasteiger partial charge in [-0.05, 0) is 30.7 Å². The number of rotatable bonds is 1. The lowest BCUT2D eigenvalue weighted by Gasteiger charge is -2.32. The summed E-state index contributed by atoms with van der Waals surface area (Å²) in [6.07, 6.45) is 2.21. The summed E-state index contributed by atoms with van der Waals surface area (Å²) in [7, 11) is 0. The van der Waals surface area contributed by atoms with Crippen LogP contribution in [0, 0.1) is 0 Å². The van der Waals surface area contributed by atoms with Crippen molar-refractivity contribution in [2.75, 3.05) is 24.6 Å². The predicted molar refractivity (Wildman–Crippen MR) is 65.6 cm³/mol. The van der Waals surface area contributed by atoms with Gasteiger partial charge in [-0.1, -0.05) is 0 Å². The number of ether oxygens (including phenoxy) is 1. The topological polar surface area (TPSA) is 42.7 Å². The van der Waals surface area contributed by atoms with Crippen LogP contribution in [-0.4, -0.2) is 40.4 Å². The Labute approximate surface area is 104 Å². The number of fused-ring (bicyclic) bond motifs is 1. The van der Waals surface area contributed by atoms with Gasteiger partial charge in [0.1, 0.15) is 0 Å². The highest BCUT2D eigenvalue weighted by Crippen LogP contribution is 2.18. The summed E-state index contributed by atoms with van der Waals surface area (Å²) in [4.78, 5) is 6.37. The number of hydrogen-bond donors (Lipinski definition) is 0. The SMILES string of the molecule is CC1CN(c2ccc3nc(Cl)nn3c2)CCO1. The molecular weight excluding hydrogens is 240 g/mol. The molecule has 0 radical (unpaired) electrons. The van der Waals surface area contributed by atoms with E-state index in [1.807, 2.05) is 18.3 Å². The minimum atomic E-state index is 0.263. The zero-order chi connectivity index (χ0) is 11.8. The Kier molecular flexibility index (Phi) is 2.64. The van der Waals surface area contributed by atoms with Crippen LogP contribution in [0.2, 0.25) is 5.28 Å². The minimum absolute atomic E-state index is 0.263. The summed E-state index contributed by atoms with van der Waals surface area (Å²) in [5.74, 6) is 0. The molecule has 0 amide bonds. The highest BCUT2D eigenvalue weighted by Gasteiger charge is 2.17. The largest absolute Gasteiger partial charge is 0.375 e. The Morgan fingerprint density at radius 3 is 3.18 bits per heavy atom. The third-order valence-electron chi connectivity index (χ3n) is 2.90. The number of nitrogens with zero attached hydrogens (tertiary/aromatic N) is 4. The van der Waals surface area contributed by atoms with Crippen LogP contribution in [0.3, 0.4) is 0 Å². The van der Waals surface area contributed by atoms with Crippen molar-refractivity contribution in [2.24, 2.45) is 0 Å². The van der Waals surface area contributed by atoms with Crippen LogP contribution < -0.4 is 4.90 Å². The molecule has 1 fully saturated rings. The molecule has 1 unspecified atom stereocenters. The van der Waals surface area contributed by atoms with E-state index in [0.717, 1.165) is 31.0 Å². The standard InChI is InChI=1S/C11H13ClN4O/c1-8-6-15(4-5-17-8)9-2-3-10-13-11(12)14-16(10)7-9/h2-3,7-8H,4-6H2,1H3. The zero-order valence-electron chi connectivity index (χ0n) is 9.51. The average molecular weight is 253 g/mol. The maximum atomic E-state index is 5.77. The molecule has 1 atom stereocenters. The highest BCUT2D eigenvalue weighted by atomic mass is 35.5. The van der Waals surface area contributed by atoms with Gasteiger partial charge in [-0.2, -0.15) is 4.98 Å². The molecular formula is C11H13ClN4O. The van der Waals surface area contributed by atoms with Gasteiger partial charge < -0.3 is 9.64 Å². The van der Waals surface area contributed by atoms with Crippen molar-refractivity contribution in [2.45, 2.75) is 13.0 Å². The van der Waals surface area contributed by atoms with Gasteiger partial charge in [0, 0.05) is 13.1 Å². The number of hydrogen-bond acceptors (Lipinski definition) is 4. The van der Waals surface area contributed by atoms with Crippen LogP contribution in [0.5, 0.6) is 0 Å². The summed E-state index contributed by atoms with van der Waals surface area (Å²) in [6.45, 7) is 4.64. The van der Waals surface area contributed by atoms with Crippen molar-refractivity contribution in [3.05, 3.63) is 23.6 Å². The molecule has 0 bridgehead atoms. The molecule has 0 saturated carbocycles. The number of morpholine rings is 1. The van der Waals surface area contributed by atoms with Crippen LogP contribution >= 0.6 is 11.6 Å². The van der Waals surface area contributed by atoms with Crippen molar-refractivity contribution >= 4 is 22.9 Å². The molecule has 3 rings (SSSR count). The van der Waals surface area contributed by atoms with Crippen molar-refractivity contribution < 1.29 is 4.74 Å². The molecule has 0 aliphatic carbocycles. The third kappa shape index (κ3) is 2.08. The van der Waals surface area contributed by atoms with Crippen LogP contribution in [0.15, 0.2) is 18.3 Å². The van der Waals surface area contributed by atoms with Crippen molar-refractivity contribution in [1.29, 1.82) is 0 Å². The molecule has 1 saturated heterocycles. The van der Waals surface area contributed by atoms with Gasteiger partial charge in [-0.3, -0.25) is 0 Å². The van der Waals surface area contributed by atoms with E-state index in [0.29, 0.717) is 0 Å². The van der Waals surface area contributed by atoms with Crippen LogP contribution in [0.25, 0.3) is 5.65 Å². The molecule has 1 aliphatic heterocycles. The van der Waals surface area contributed by atoms with E-state index in [2.05, 4.69) is 21.9 Å². The Balaban J connectivity index is 1.94. The van der Waals surface area contributed by atoms with E-state index in [9.17, 15) is 0 Å². The first kappa shape index (κ1) is 10.8. The maximum absolute atomic E-state index is 5.77. The smallest absolute Gasteiger partial charge is 0.243 e. The second-order valence-electron chi connectivity index (χ2n) is 4.20. The average Bonchev–Trinajstić information content (AvgIpc) is 2.68. The van der Waals surface area contributed by atoms with E-state index < -0.39 is 0 Å². The molecule has 5 nitrogen and oxygen atoms in total. The quantitative estimate of drug-likeness (QED) is 0.773. The molecule has 0 spiro atoms. The predicted octanol–water partition coefficient (Wildman–Crippen LogP) is 1.61. The highest BCUT2D eigenvalue weighted by molar-refractivity contribution is 6.28. The zero-order valence-corrected chi connectivity index (χ0v) is 10.3. The number of pyridine rings is 1. The summed E-state index contributed by atoms with van der Waals surface area (Å²) >= 11 is 5.77. The fourth-order valence-corrected chi connectivity index (χ4v) is 2.25. The van der Waals surface area contributed by atoms with Crippen molar-refractivity contribution in [3.63, 3.8) is 0 Å². The lowest BCUT2D eigenvalue weighted by molar-refractivity contribution is 0.0532. The second kappa shape index (κ2) is 4.16. The summed E-state index contributed by atoms with van der Waals surface area (Å²) in [5, 5.41) is 4.38. The lowest BCUT2D eigenvalue weighted by Crippen LogP contribution is -2.41. The van der Waals surface area contributed by atoms with E-state index >= 15 is 0 Å². The Bertz CT molecular complexity index is 541. The molecule has 90 valence electrons. The first-order chi connectivity index (χ1) is 8.22. The maximum Gasteiger partial charge on any atom is 0.243 e. The van der Waals surface area contributed by atoms with Gasteiger partial charge in [0.15, 0.2) is 5.65 Å². The van der Waals surface area contributed by atoms with E-state index in [-0.39, 0.29) is 11.4 Å². The summed E-state index contributed by atoms with van der Waals surface area (Å²) in [5.41, 5.74) is 1.88. The molecule has 0 N–H and O–H groups in total. The van der Waals surface area contributed by atoms with E-state index in [1.165, 1.54) is 0 Å². The fourth-order valence-electron chi connectivity index (χ4n) is 2.09. The first-order valence-corrected chi connectivity index (χ1v) is 5.98. The molecule has 0 aromatic carbocycles. The molecule has 17 heavy (non-hydrogen) atoms. The van der Waals surface area contributed by atoms with E-state index in [1.54, 1.807) is 4.52 Å². The molecule has 2 aromatic heterocycles. The molecule has 2 aromatic rings. The van der Waals surface area contributed by atoms with Gasteiger partial charge in [0.05, 0.1) is 24.6 Å². The van der Waals surface area contributed by atoms with Crippen LogP contribution in [0.4, 0.5) is 5.69 Å². The monoisotopic (exact) mass is 252 g/mol. The number of aromatic nitrogens is 3. The normalized spacial score (nSPS) is 21.1. The molecule has 3 heterocycles. The Morgan fingerprint density at radius 2 is 2.35 bits per heavy atom. The van der Waals surface area contributed by atoms with Crippen LogP contribution in [0.1, 0.15) is 6.92 Å². The lowest BCUT2D eigenvalue weighted by atomic mass is 10.2. The first-order valence-electron chi connectivity index (χ1n) is 5.61. The van der Waals surface area contributed by atoms with Crippen molar-refractivity contribution in [3.8, 4) is 0 Å². The van der Waals surface area contributed by atoms with Gasteiger partial charge in [-0.15, -0.1) is 5.10 Å². The Morgan fingerprint density at radius 1 is 1.47 bits per heavy atom. The van der Waals surface area contributed by atoms with Gasteiger partial charge >= 0.3 is 0 Å². The van der Waals surface area contributed by atoms with Gasteiger partial charge in [0.2, 0.25) is 5.28 Å². The number of halogens is 1. The van der Waals surface area contributed by atoms with Crippen molar-refractivity contribution in [1.82, 2.24) is 14.6 Å². The summed E-state index contributed by atoms with van der Waals surface area (Å²) in [6, 6.07) is 3.97. The van der Waals surface area contributed by atoms with Gasteiger partial charge in [-0.25, -0.2) is 4.52 Å². The third-order valence-corrected chi connectivity index (χ3v) is 3.06. The number of anilines is 1. The second-order valence-corrected chi connectivity index (χ2v) is 4.54. The fraction of sp³-hybridized carbons (Fsp3) is 0.455. The Hall–Kier alpha value is -1.33.